The number of nitrogens with one attached hydrogen (secondary N) is 1. The summed E-state index contributed by atoms with van der Waals surface area (Å²) in [6.45, 7) is 6.65. The normalized spacial score (nSPS) is 14.4. The van der Waals surface area contributed by atoms with Crippen LogP contribution in [-0.2, 0) is 27.9 Å². The number of hydrogen-bond acceptors (Lipinski definition) is 7. The summed E-state index contributed by atoms with van der Waals surface area (Å²) in [5.41, 5.74) is 0. The van der Waals surface area contributed by atoms with Crippen LogP contribution in [0.5, 0.6) is 0 Å². The lowest BCUT2D eigenvalue weighted by molar-refractivity contribution is -0.870. The number of carbonyl (C=O) groups excluding carboxylic acids is 2. The fourth-order valence-corrected chi connectivity index (χ4v) is 9.29. The van der Waals surface area contributed by atoms with Crippen molar-refractivity contribution in [2.45, 2.75) is 270 Å². The van der Waals surface area contributed by atoms with Gasteiger partial charge in [-0.2, -0.15) is 0 Å². The number of nitrogens with zero attached hydrogens (tertiary/aromatic N) is 1. The molecule has 0 aromatic rings. The van der Waals surface area contributed by atoms with Crippen molar-refractivity contribution in [3.05, 3.63) is 109 Å². The molecule has 0 rings (SSSR count). The monoisotopic (exact) mass is 1110 g/mol. The topological polar surface area (TPSA) is 114 Å². The first-order valence-corrected chi connectivity index (χ1v) is 33.2. The minimum absolute atomic E-state index is 0.0370. The Hall–Kier alpha value is -3.33. The molecule has 1 amide bonds. The number of quaternary nitrogens is 1. The number of ether oxygens (including phenoxy) is 1. The zero-order valence-corrected chi connectivity index (χ0v) is 52.0. The van der Waals surface area contributed by atoms with Gasteiger partial charge in [-0.25, -0.2) is 0 Å². The van der Waals surface area contributed by atoms with Gasteiger partial charge in [-0.05, 0) is 109 Å². The van der Waals surface area contributed by atoms with E-state index >= 15 is 0 Å². The molecule has 0 aliphatic heterocycles. The molecule has 0 aromatic carbocycles. The first-order valence-electron chi connectivity index (χ1n) is 31.7. The van der Waals surface area contributed by atoms with E-state index in [-0.39, 0.29) is 18.9 Å². The van der Waals surface area contributed by atoms with Crippen molar-refractivity contribution in [3.8, 4) is 0 Å². The highest BCUT2D eigenvalue weighted by Gasteiger charge is 2.27. The minimum atomic E-state index is -4.72. The summed E-state index contributed by atoms with van der Waals surface area (Å²) in [5, 5.41) is 3.01. The van der Waals surface area contributed by atoms with Crippen LogP contribution in [0.2, 0.25) is 0 Å². The zero-order chi connectivity index (χ0) is 57.2. The van der Waals surface area contributed by atoms with Gasteiger partial charge in [-0.15, -0.1) is 0 Å². The van der Waals surface area contributed by atoms with E-state index in [9.17, 15) is 19.0 Å². The third-order valence-electron chi connectivity index (χ3n) is 13.4. The molecule has 9 nitrogen and oxygen atoms in total. The average molecular weight is 1110 g/mol. The predicted molar refractivity (Wildman–Crippen MR) is 334 cm³/mol. The van der Waals surface area contributed by atoms with Gasteiger partial charge in [0.05, 0.1) is 33.8 Å². The number of phosphoric ester groups is 1. The molecule has 0 fully saturated rings. The maximum absolute atomic E-state index is 13.5. The first-order chi connectivity index (χ1) is 37.9. The molecule has 0 radical (unpaired) electrons. The van der Waals surface area contributed by atoms with Gasteiger partial charge in [0.15, 0.2) is 0 Å². The number of rotatable bonds is 56. The summed E-state index contributed by atoms with van der Waals surface area (Å²) in [5.74, 6) is -0.618. The summed E-state index contributed by atoms with van der Waals surface area (Å²) in [6, 6.07) is -0.920. The molecule has 0 spiro atoms. The lowest BCUT2D eigenvalue weighted by Crippen LogP contribution is -2.47. The van der Waals surface area contributed by atoms with Crippen LogP contribution in [0.15, 0.2) is 109 Å². The number of phosphoric acid groups is 1. The van der Waals surface area contributed by atoms with Crippen LogP contribution < -0.4 is 10.2 Å². The molecule has 0 aliphatic rings. The van der Waals surface area contributed by atoms with Crippen LogP contribution in [0.4, 0.5) is 0 Å². The van der Waals surface area contributed by atoms with E-state index in [2.05, 4.69) is 123 Å². The summed E-state index contributed by atoms with van der Waals surface area (Å²) in [7, 11) is 1.14. The molecule has 10 heteroatoms. The summed E-state index contributed by atoms with van der Waals surface area (Å²) >= 11 is 0. The van der Waals surface area contributed by atoms with E-state index in [1.165, 1.54) is 116 Å². The van der Waals surface area contributed by atoms with Crippen LogP contribution in [-0.4, -0.2) is 69.4 Å². The molecule has 0 saturated heterocycles. The maximum Gasteiger partial charge on any atom is 0.306 e. The number of carbonyl (C=O) groups is 2. The Balaban J connectivity index is 5.28. The highest BCUT2D eigenvalue weighted by molar-refractivity contribution is 7.45. The van der Waals surface area contributed by atoms with E-state index < -0.39 is 32.5 Å². The second-order valence-corrected chi connectivity index (χ2v) is 23.6. The van der Waals surface area contributed by atoms with Crippen molar-refractivity contribution >= 4 is 19.7 Å². The fraction of sp³-hybridized carbons (Fsp3) is 0.706. The van der Waals surface area contributed by atoms with E-state index in [0.717, 1.165) is 103 Å². The lowest BCUT2D eigenvalue weighted by atomic mass is 10.0. The minimum Gasteiger partial charge on any atom is -0.756 e. The lowest BCUT2D eigenvalue weighted by Gasteiger charge is -2.30. The Morgan fingerprint density at radius 2 is 0.833 bits per heavy atom. The summed E-state index contributed by atoms with van der Waals surface area (Å²) in [6.07, 6.45) is 77.8. The van der Waals surface area contributed by atoms with Crippen LogP contribution in [0.3, 0.4) is 0 Å². The summed E-state index contributed by atoms with van der Waals surface area (Å²) < 4.78 is 30.3. The van der Waals surface area contributed by atoms with Gasteiger partial charge in [0.25, 0.3) is 7.82 Å². The molecule has 0 aromatic heterocycles. The van der Waals surface area contributed by atoms with Gasteiger partial charge >= 0.3 is 5.97 Å². The third kappa shape index (κ3) is 57.4. The van der Waals surface area contributed by atoms with Crippen LogP contribution >= 0.6 is 7.82 Å². The van der Waals surface area contributed by atoms with E-state index in [4.69, 9.17) is 13.8 Å². The van der Waals surface area contributed by atoms with Crippen molar-refractivity contribution in [3.63, 3.8) is 0 Å². The van der Waals surface area contributed by atoms with Crippen molar-refractivity contribution in [2.75, 3.05) is 40.9 Å². The van der Waals surface area contributed by atoms with Gasteiger partial charge in [0.2, 0.25) is 5.91 Å². The smallest absolute Gasteiger partial charge is 0.306 e. The van der Waals surface area contributed by atoms with Crippen LogP contribution in [0.25, 0.3) is 0 Å². The number of amides is 1. The highest BCUT2D eigenvalue weighted by atomic mass is 31.2. The van der Waals surface area contributed by atoms with Gasteiger partial charge in [-0.1, -0.05) is 246 Å². The predicted octanol–water partition coefficient (Wildman–Crippen LogP) is 19.1. The molecule has 78 heavy (non-hydrogen) atoms. The first kappa shape index (κ1) is 74.7. The second kappa shape index (κ2) is 56.9. The van der Waals surface area contributed by atoms with Gasteiger partial charge in [0, 0.05) is 12.8 Å². The van der Waals surface area contributed by atoms with Crippen LogP contribution in [0.1, 0.15) is 258 Å². The molecule has 3 atom stereocenters. The molecule has 1 N–H and O–H groups in total. The highest BCUT2D eigenvalue weighted by Crippen LogP contribution is 2.38. The molecule has 0 heterocycles. The third-order valence-corrected chi connectivity index (χ3v) is 14.4. The molecule has 0 aliphatic carbocycles. The number of likely N-dealkylation sites (N-methyl/N-ethyl adjacent to an activating group) is 1. The molecule has 0 saturated carbocycles. The van der Waals surface area contributed by atoms with Crippen LogP contribution in [0, 0.1) is 0 Å². The summed E-state index contributed by atoms with van der Waals surface area (Å²) in [4.78, 5) is 40.0. The van der Waals surface area contributed by atoms with E-state index in [1.54, 1.807) is 0 Å². The van der Waals surface area contributed by atoms with Crippen molar-refractivity contribution in [1.29, 1.82) is 0 Å². The zero-order valence-electron chi connectivity index (χ0n) is 51.1. The van der Waals surface area contributed by atoms with Crippen molar-refractivity contribution < 1.29 is 37.3 Å². The number of allylic oxidation sites excluding steroid dienone is 17. The molecular formula is C68H119N2O7P. The largest absolute Gasteiger partial charge is 0.756 e. The Bertz CT molecular complexity index is 1700. The Labute approximate surface area is 481 Å². The Kier molecular flexibility index (Phi) is 54.5. The number of hydrogen-bond donors (Lipinski definition) is 1. The quantitative estimate of drug-likeness (QED) is 0.0212. The van der Waals surface area contributed by atoms with Gasteiger partial charge in [-0.3, -0.25) is 14.2 Å². The molecule has 448 valence electrons. The van der Waals surface area contributed by atoms with Crippen molar-refractivity contribution in [1.82, 2.24) is 5.32 Å². The average Bonchev–Trinajstić information content (AvgIpc) is 3.40. The SMILES string of the molecule is CC/C=C\C/C=C\C/C=C\C/C=C\C/C=C\CCCC(=O)OC(/C=C\CCCCCCCCCCCC)C(COP(=O)([O-])OCC[N+](C)(C)C)NC(=O)CCCCCCCCCCCC/C=C\C/C=C\C/C=C\CCCCC. The standard InChI is InChI=1S/C68H119N2O7P/c1-7-10-13-16-19-22-25-28-30-32-33-34-35-36-37-39-40-42-45-48-51-54-57-60-67(71)69-65(64-76-78(73,74)75-63-62-70(4,5)6)66(59-56-53-50-47-44-27-24-21-18-15-12-9-3)77-68(72)61-58-55-52-49-46-43-41-38-31-29-26-23-20-17-14-11-8-2/h11,14,19-20,22-23,28-31,33-34,41,43,49,52,56,59,65-66H,7-10,12-13,15-18,21,24-27,32,35-40,42,44-48,50-51,53-55,57-58,60-64H2,1-6H3,(H-,69,71,73,74)/b14-11-,22-19-,23-20-,30-28-,31-29-,34-33-,43-41-,52-49-,59-56-. The molecule has 3 unspecified atom stereocenters. The Morgan fingerprint density at radius 3 is 1.28 bits per heavy atom. The number of unbranched alkanes of at least 4 members (excludes halogenated alkanes) is 24. The van der Waals surface area contributed by atoms with E-state index in [1.807, 2.05) is 33.3 Å². The molecular weight excluding hydrogens is 988 g/mol. The van der Waals surface area contributed by atoms with Gasteiger partial charge in [0.1, 0.15) is 19.3 Å². The molecule has 0 bridgehead atoms. The Morgan fingerprint density at radius 1 is 0.462 bits per heavy atom. The number of esters is 1. The fourth-order valence-electron chi connectivity index (χ4n) is 8.56. The van der Waals surface area contributed by atoms with Gasteiger partial charge < -0.3 is 28.5 Å². The second-order valence-electron chi connectivity index (χ2n) is 22.2. The van der Waals surface area contributed by atoms with Crippen molar-refractivity contribution in [2.24, 2.45) is 0 Å². The van der Waals surface area contributed by atoms with E-state index in [0.29, 0.717) is 23.9 Å². The maximum atomic E-state index is 13.5.